The van der Waals surface area contributed by atoms with E-state index in [0.717, 1.165) is 28.3 Å². The molecule has 9 heteroatoms. The maximum atomic E-state index is 12.4. The zero-order valence-corrected chi connectivity index (χ0v) is 17.5. The molecule has 1 N–H and O–H groups in total. The van der Waals surface area contributed by atoms with Gasteiger partial charge in [-0.25, -0.2) is 4.98 Å². The van der Waals surface area contributed by atoms with Crippen LogP contribution in [-0.4, -0.2) is 41.5 Å². The average Bonchev–Trinajstić information content (AvgIpc) is 3.10. The number of alkyl halides is 2. The van der Waals surface area contributed by atoms with Crippen LogP contribution < -0.4 is 14.8 Å². The van der Waals surface area contributed by atoms with E-state index < -0.39 is 6.61 Å². The average molecular weight is 435 g/mol. The van der Waals surface area contributed by atoms with Gasteiger partial charge in [-0.2, -0.15) is 8.78 Å². The van der Waals surface area contributed by atoms with Crippen molar-refractivity contribution in [2.75, 3.05) is 19.4 Å². The van der Waals surface area contributed by atoms with Crippen LogP contribution in [0, 0.1) is 0 Å². The predicted molar refractivity (Wildman–Crippen MR) is 112 cm³/mol. The van der Waals surface area contributed by atoms with Gasteiger partial charge in [-0.3, -0.25) is 4.79 Å². The second kappa shape index (κ2) is 10.3. The number of aromatic nitrogens is 2. The van der Waals surface area contributed by atoms with E-state index in [2.05, 4.69) is 19.6 Å². The van der Waals surface area contributed by atoms with Gasteiger partial charge in [0.05, 0.1) is 23.9 Å². The van der Waals surface area contributed by atoms with Crippen LogP contribution in [0.1, 0.15) is 12.5 Å². The minimum atomic E-state index is -2.91. The lowest BCUT2D eigenvalue weighted by Gasteiger charge is -2.11. The van der Waals surface area contributed by atoms with Gasteiger partial charge < -0.3 is 19.4 Å². The molecule has 0 saturated carbocycles. The summed E-state index contributed by atoms with van der Waals surface area (Å²) < 4.78 is 36.4. The first kappa shape index (κ1) is 21.9. The van der Waals surface area contributed by atoms with Gasteiger partial charge in [0.15, 0.2) is 16.7 Å². The fourth-order valence-corrected chi connectivity index (χ4v) is 3.97. The number of nitrogens with one attached hydrogen (secondary N) is 1. The van der Waals surface area contributed by atoms with Crippen molar-refractivity contribution in [3.05, 3.63) is 48.0 Å². The summed E-state index contributed by atoms with van der Waals surface area (Å²) in [4.78, 5) is 16.8. The number of imidazole rings is 1. The first-order chi connectivity index (χ1) is 14.5. The molecule has 0 aliphatic rings. The summed E-state index contributed by atoms with van der Waals surface area (Å²) in [6.07, 6.45) is 0.537. The van der Waals surface area contributed by atoms with Gasteiger partial charge in [-0.05, 0) is 43.2 Å². The molecule has 160 valence electrons. The molecular formula is C21H23F2N3O3S. The summed E-state index contributed by atoms with van der Waals surface area (Å²) >= 11 is 1.40. The number of hydrogen-bond donors (Lipinski definition) is 1. The maximum absolute atomic E-state index is 12.4. The lowest BCUT2D eigenvalue weighted by atomic mass is 10.1. The van der Waals surface area contributed by atoms with Crippen molar-refractivity contribution >= 4 is 28.7 Å². The van der Waals surface area contributed by atoms with E-state index in [1.54, 1.807) is 12.1 Å². The number of nitrogens with zero attached hydrogens (tertiary/aromatic N) is 2. The molecule has 3 rings (SSSR count). The number of thioether (sulfide) groups is 1. The second-order valence-electron chi connectivity index (χ2n) is 6.38. The van der Waals surface area contributed by atoms with Crippen molar-refractivity contribution in [2.24, 2.45) is 0 Å². The fourth-order valence-electron chi connectivity index (χ4n) is 3.06. The first-order valence-electron chi connectivity index (χ1n) is 9.48. The van der Waals surface area contributed by atoms with E-state index in [9.17, 15) is 13.6 Å². The Bertz CT molecular complexity index is 1010. The Morgan fingerprint density at radius 3 is 2.77 bits per heavy atom. The molecule has 2 aromatic carbocycles. The highest BCUT2D eigenvalue weighted by atomic mass is 32.2. The van der Waals surface area contributed by atoms with Crippen LogP contribution in [0.3, 0.4) is 0 Å². The van der Waals surface area contributed by atoms with Gasteiger partial charge in [-0.15, -0.1) is 0 Å². The number of hydrogen-bond acceptors (Lipinski definition) is 5. The number of fused-ring (bicyclic) bond motifs is 1. The number of rotatable bonds is 10. The molecule has 0 unspecified atom stereocenters. The second-order valence-corrected chi connectivity index (χ2v) is 7.32. The van der Waals surface area contributed by atoms with Crippen LogP contribution in [-0.2, 0) is 17.8 Å². The highest BCUT2D eigenvalue weighted by Crippen LogP contribution is 2.29. The van der Waals surface area contributed by atoms with E-state index in [4.69, 9.17) is 4.74 Å². The summed E-state index contributed by atoms with van der Waals surface area (Å²) in [7, 11) is 1.39. The Morgan fingerprint density at radius 1 is 1.23 bits per heavy atom. The van der Waals surface area contributed by atoms with Gasteiger partial charge in [0, 0.05) is 13.1 Å². The van der Waals surface area contributed by atoms with E-state index in [0.29, 0.717) is 13.0 Å². The fraction of sp³-hybridized carbons (Fsp3) is 0.333. The van der Waals surface area contributed by atoms with Crippen molar-refractivity contribution in [3.63, 3.8) is 0 Å². The van der Waals surface area contributed by atoms with Gasteiger partial charge in [0.2, 0.25) is 5.91 Å². The molecule has 30 heavy (non-hydrogen) atoms. The third-order valence-corrected chi connectivity index (χ3v) is 5.42. The number of ether oxygens (including phenoxy) is 2. The summed E-state index contributed by atoms with van der Waals surface area (Å²) in [5, 5.41) is 3.68. The zero-order valence-electron chi connectivity index (χ0n) is 16.7. The standard InChI is InChI=1S/C21H23F2N3O3S/c1-3-26-16-7-5-4-6-15(16)25-21(26)30-13-19(27)24-11-10-14-8-9-17(29-20(22)23)18(12-14)28-2/h4-9,12,20H,3,10-11,13H2,1-2H3,(H,24,27). The Balaban J connectivity index is 1.51. The number of carbonyl (C=O) groups excluding carboxylic acids is 1. The van der Waals surface area contributed by atoms with E-state index in [1.807, 2.05) is 31.2 Å². The lowest BCUT2D eigenvalue weighted by Crippen LogP contribution is -2.27. The molecule has 0 spiro atoms. The number of carbonyl (C=O) groups is 1. The molecule has 1 aromatic heterocycles. The summed E-state index contributed by atoms with van der Waals surface area (Å²) in [6, 6.07) is 12.6. The minimum Gasteiger partial charge on any atom is -0.493 e. The number of amides is 1. The largest absolute Gasteiger partial charge is 0.493 e. The lowest BCUT2D eigenvalue weighted by molar-refractivity contribution is -0.118. The molecule has 3 aromatic rings. The van der Waals surface area contributed by atoms with Crippen LogP contribution in [0.4, 0.5) is 8.78 Å². The third-order valence-electron chi connectivity index (χ3n) is 4.45. The Hall–Kier alpha value is -2.81. The zero-order chi connectivity index (χ0) is 21.5. The molecule has 0 atom stereocenters. The molecule has 0 radical (unpaired) electrons. The number of benzene rings is 2. The Kier molecular flexibility index (Phi) is 7.51. The number of methoxy groups -OCH3 is 1. The summed E-state index contributed by atoms with van der Waals surface area (Å²) in [6.45, 7) is 0.325. The Labute approximate surface area is 177 Å². The van der Waals surface area contributed by atoms with Gasteiger partial charge >= 0.3 is 6.61 Å². The monoisotopic (exact) mass is 435 g/mol. The molecule has 0 aliphatic heterocycles. The molecule has 1 amide bonds. The van der Waals surface area contributed by atoms with Crippen LogP contribution in [0.25, 0.3) is 11.0 Å². The van der Waals surface area contributed by atoms with E-state index >= 15 is 0 Å². The van der Waals surface area contributed by atoms with Crippen LogP contribution in [0.5, 0.6) is 11.5 Å². The highest BCUT2D eigenvalue weighted by Gasteiger charge is 2.13. The van der Waals surface area contributed by atoms with Crippen molar-refractivity contribution in [2.45, 2.75) is 31.7 Å². The van der Waals surface area contributed by atoms with Crippen molar-refractivity contribution in [1.82, 2.24) is 14.9 Å². The normalized spacial score (nSPS) is 11.1. The molecule has 0 aliphatic carbocycles. The predicted octanol–water partition coefficient (Wildman–Crippen LogP) is 4.12. The van der Waals surface area contributed by atoms with Gasteiger partial charge in [0.1, 0.15) is 0 Å². The summed E-state index contributed by atoms with van der Waals surface area (Å²) in [5.41, 5.74) is 2.81. The maximum Gasteiger partial charge on any atom is 0.387 e. The highest BCUT2D eigenvalue weighted by molar-refractivity contribution is 7.99. The minimum absolute atomic E-state index is 0.0181. The molecule has 1 heterocycles. The van der Waals surface area contributed by atoms with Crippen LogP contribution in [0.2, 0.25) is 0 Å². The van der Waals surface area contributed by atoms with Crippen molar-refractivity contribution in [3.8, 4) is 11.5 Å². The van der Waals surface area contributed by atoms with Crippen molar-refractivity contribution < 1.29 is 23.0 Å². The van der Waals surface area contributed by atoms with Gasteiger partial charge in [-0.1, -0.05) is 30.0 Å². The molecule has 6 nitrogen and oxygen atoms in total. The van der Waals surface area contributed by atoms with Gasteiger partial charge in [0.25, 0.3) is 0 Å². The number of para-hydroxylation sites is 2. The summed E-state index contributed by atoms with van der Waals surface area (Å²) in [5.74, 6) is 0.372. The number of halogens is 2. The Morgan fingerprint density at radius 2 is 2.03 bits per heavy atom. The molecule has 0 saturated heterocycles. The van der Waals surface area contributed by atoms with Crippen molar-refractivity contribution in [1.29, 1.82) is 0 Å². The molecule has 0 fully saturated rings. The topological polar surface area (TPSA) is 65.4 Å². The van der Waals surface area contributed by atoms with Crippen LogP contribution >= 0.6 is 11.8 Å². The SMILES string of the molecule is CCn1c(SCC(=O)NCCc2ccc(OC(F)F)c(OC)c2)nc2ccccc21. The quantitative estimate of drug-likeness (QED) is 0.486. The first-order valence-corrected chi connectivity index (χ1v) is 10.5. The molecule has 0 bridgehead atoms. The smallest absolute Gasteiger partial charge is 0.387 e. The van der Waals surface area contributed by atoms with E-state index in [-0.39, 0.29) is 23.2 Å². The van der Waals surface area contributed by atoms with E-state index in [1.165, 1.54) is 24.9 Å². The van der Waals surface area contributed by atoms with Crippen LogP contribution in [0.15, 0.2) is 47.6 Å². The third kappa shape index (κ3) is 5.41. The number of aryl methyl sites for hydroxylation is 1. The molecular weight excluding hydrogens is 412 g/mol.